The van der Waals surface area contributed by atoms with Crippen molar-refractivity contribution in [3.63, 3.8) is 0 Å². The Morgan fingerprint density at radius 3 is 2.52 bits per heavy atom. The molecule has 29 heavy (non-hydrogen) atoms. The van der Waals surface area contributed by atoms with Crippen LogP contribution in [0, 0.1) is 5.92 Å². The fraction of sp³-hybridized carbons (Fsp3) is 0.571. The lowest BCUT2D eigenvalue weighted by atomic mass is 10.0. The summed E-state index contributed by atoms with van der Waals surface area (Å²) in [6, 6.07) is 9.72. The van der Waals surface area contributed by atoms with Crippen LogP contribution in [0.2, 0.25) is 0 Å². The van der Waals surface area contributed by atoms with Crippen LogP contribution in [0.25, 0.3) is 0 Å². The third-order valence-electron chi connectivity index (χ3n) is 5.45. The molecule has 2 aliphatic rings. The van der Waals surface area contributed by atoms with Crippen molar-refractivity contribution in [3.05, 3.63) is 30.3 Å². The van der Waals surface area contributed by atoms with Crippen molar-refractivity contribution in [2.24, 2.45) is 10.9 Å². The van der Waals surface area contributed by atoms with Crippen LogP contribution in [-0.2, 0) is 9.59 Å². The van der Waals surface area contributed by atoms with Gasteiger partial charge < -0.3 is 20.9 Å². The predicted molar refractivity (Wildman–Crippen MR) is 127 cm³/mol. The largest absolute Gasteiger partial charge is 0.355 e. The number of hydrogen-bond donors (Lipinski definition) is 3. The van der Waals surface area contributed by atoms with Crippen LogP contribution in [0.5, 0.6) is 0 Å². The summed E-state index contributed by atoms with van der Waals surface area (Å²) in [5.41, 5.74) is 0.921. The minimum absolute atomic E-state index is 0. The minimum Gasteiger partial charge on any atom is -0.355 e. The molecule has 1 aromatic rings. The molecule has 0 aromatic heterocycles. The van der Waals surface area contributed by atoms with Crippen LogP contribution in [0.4, 0.5) is 5.69 Å². The summed E-state index contributed by atoms with van der Waals surface area (Å²) in [5, 5.41) is 9.49. The van der Waals surface area contributed by atoms with Crippen LogP contribution >= 0.6 is 24.0 Å². The van der Waals surface area contributed by atoms with Crippen molar-refractivity contribution >= 4 is 47.4 Å². The summed E-state index contributed by atoms with van der Waals surface area (Å²) in [6.45, 7) is 1.77. The Bertz CT molecular complexity index is 692. The molecule has 0 bridgehead atoms. The van der Waals surface area contributed by atoms with Gasteiger partial charge in [-0.2, -0.15) is 0 Å². The number of nitrogens with zero attached hydrogens (tertiary/aromatic N) is 2. The van der Waals surface area contributed by atoms with Gasteiger partial charge in [-0.15, -0.1) is 24.0 Å². The van der Waals surface area contributed by atoms with Gasteiger partial charge >= 0.3 is 0 Å². The van der Waals surface area contributed by atoms with Crippen molar-refractivity contribution in [2.75, 3.05) is 31.6 Å². The Kier molecular flexibility index (Phi) is 9.69. The second-order valence-electron chi connectivity index (χ2n) is 7.59. The molecule has 1 heterocycles. The van der Waals surface area contributed by atoms with E-state index < -0.39 is 0 Å². The second kappa shape index (κ2) is 12.0. The molecule has 1 saturated carbocycles. The Balaban J connectivity index is 0.00000300. The molecule has 1 unspecified atom stereocenters. The van der Waals surface area contributed by atoms with Crippen LogP contribution < -0.4 is 20.9 Å². The van der Waals surface area contributed by atoms with Crippen molar-refractivity contribution < 1.29 is 9.59 Å². The predicted octanol–water partition coefficient (Wildman–Crippen LogP) is 2.27. The van der Waals surface area contributed by atoms with Gasteiger partial charge in [0.1, 0.15) is 0 Å². The number of benzene rings is 1. The summed E-state index contributed by atoms with van der Waals surface area (Å²) in [6.07, 6.45) is 5.96. The minimum atomic E-state index is 0. The number of amides is 2. The van der Waals surface area contributed by atoms with E-state index in [1.54, 1.807) is 11.9 Å². The van der Waals surface area contributed by atoms with Gasteiger partial charge in [0.25, 0.3) is 0 Å². The van der Waals surface area contributed by atoms with Crippen molar-refractivity contribution in [3.8, 4) is 0 Å². The number of hydrogen-bond acceptors (Lipinski definition) is 3. The number of halogens is 1. The zero-order valence-corrected chi connectivity index (χ0v) is 19.4. The van der Waals surface area contributed by atoms with E-state index in [0.29, 0.717) is 44.4 Å². The van der Waals surface area contributed by atoms with E-state index >= 15 is 0 Å². The number of rotatable bonds is 7. The molecular weight excluding hydrogens is 481 g/mol. The molecule has 8 heteroatoms. The summed E-state index contributed by atoms with van der Waals surface area (Å²) < 4.78 is 0. The van der Waals surface area contributed by atoms with Crippen LogP contribution in [-0.4, -0.2) is 50.5 Å². The monoisotopic (exact) mass is 513 g/mol. The quantitative estimate of drug-likeness (QED) is 0.226. The molecule has 1 aromatic carbocycles. The van der Waals surface area contributed by atoms with E-state index in [0.717, 1.165) is 5.69 Å². The first kappa shape index (κ1) is 23.4. The highest BCUT2D eigenvalue weighted by Crippen LogP contribution is 2.27. The zero-order valence-electron chi connectivity index (χ0n) is 17.0. The lowest BCUT2D eigenvalue weighted by molar-refractivity contribution is -0.122. The van der Waals surface area contributed by atoms with Gasteiger partial charge in [-0.05, 0) is 30.9 Å². The van der Waals surface area contributed by atoms with E-state index in [9.17, 15) is 9.59 Å². The molecule has 1 aliphatic carbocycles. The Morgan fingerprint density at radius 2 is 1.83 bits per heavy atom. The van der Waals surface area contributed by atoms with Crippen LogP contribution in [0.3, 0.4) is 0 Å². The van der Waals surface area contributed by atoms with Crippen molar-refractivity contribution in [1.82, 2.24) is 16.0 Å². The lowest BCUT2D eigenvalue weighted by Crippen LogP contribution is -2.46. The first-order valence-electron chi connectivity index (χ1n) is 10.2. The zero-order chi connectivity index (χ0) is 19.8. The normalized spacial score (nSPS) is 19.8. The number of anilines is 1. The third-order valence-corrected chi connectivity index (χ3v) is 5.45. The maximum absolute atomic E-state index is 12.3. The van der Waals surface area contributed by atoms with Gasteiger partial charge in [0.05, 0.1) is 6.04 Å². The first-order valence-corrected chi connectivity index (χ1v) is 10.2. The van der Waals surface area contributed by atoms with Gasteiger partial charge in [-0.3, -0.25) is 14.6 Å². The number of carbonyl (C=O) groups excluding carboxylic acids is 2. The highest BCUT2D eigenvalue weighted by Gasteiger charge is 2.31. The van der Waals surface area contributed by atoms with E-state index in [1.165, 1.54) is 25.7 Å². The standard InChI is InChI=1S/C21H31N5O2.HI/c1-22-21(24-12-11-23-19(27)13-16-7-5-6-8-16)25-17-14-20(28)26(15-17)18-9-3-2-4-10-18;/h2-4,9-10,16-17H,5-8,11-15H2,1H3,(H,23,27)(H2,22,24,25);1H. The maximum atomic E-state index is 12.3. The van der Waals surface area contributed by atoms with E-state index in [4.69, 9.17) is 0 Å². The molecule has 2 amide bonds. The fourth-order valence-corrected chi connectivity index (χ4v) is 3.98. The van der Waals surface area contributed by atoms with E-state index in [2.05, 4.69) is 20.9 Å². The van der Waals surface area contributed by atoms with Crippen LogP contribution in [0.15, 0.2) is 35.3 Å². The Hall–Kier alpha value is -1.84. The highest BCUT2D eigenvalue weighted by molar-refractivity contribution is 14.0. The number of aliphatic imine (C=N–C) groups is 1. The van der Waals surface area contributed by atoms with Crippen molar-refractivity contribution in [2.45, 2.75) is 44.6 Å². The summed E-state index contributed by atoms with van der Waals surface area (Å²) >= 11 is 0. The molecule has 0 spiro atoms. The SMILES string of the molecule is CN=C(NCCNC(=O)CC1CCCC1)NC1CC(=O)N(c2ccccc2)C1.I. The topological polar surface area (TPSA) is 85.8 Å². The van der Waals surface area contributed by atoms with E-state index in [1.807, 2.05) is 30.3 Å². The number of guanidine groups is 1. The maximum Gasteiger partial charge on any atom is 0.229 e. The average molecular weight is 513 g/mol. The summed E-state index contributed by atoms with van der Waals surface area (Å²) in [7, 11) is 1.71. The number of nitrogens with one attached hydrogen (secondary N) is 3. The van der Waals surface area contributed by atoms with Gasteiger partial charge in [0.15, 0.2) is 5.96 Å². The third kappa shape index (κ3) is 7.17. The summed E-state index contributed by atoms with van der Waals surface area (Å²) in [4.78, 5) is 30.3. The first-order chi connectivity index (χ1) is 13.7. The molecule has 160 valence electrons. The Morgan fingerprint density at radius 1 is 1.14 bits per heavy atom. The van der Waals surface area contributed by atoms with Gasteiger partial charge in [0, 0.05) is 45.2 Å². The smallest absolute Gasteiger partial charge is 0.229 e. The molecule has 1 atom stereocenters. The van der Waals surface area contributed by atoms with Gasteiger partial charge in [0.2, 0.25) is 11.8 Å². The molecule has 1 saturated heterocycles. The Labute approximate surface area is 190 Å². The number of para-hydroxylation sites is 1. The molecular formula is C21H32IN5O2. The molecule has 7 nitrogen and oxygen atoms in total. The second-order valence-corrected chi connectivity index (χ2v) is 7.59. The molecule has 1 aliphatic heterocycles. The fourth-order valence-electron chi connectivity index (χ4n) is 3.98. The van der Waals surface area contributed by atoms with Gasteiger partial charge in [-0.1, -0.05) is 31.0 Å². The highest BCUT2D eigenvalue weighted by atomic mass is 127. The van der Waals surface area contributed by atoms with Gasteiger partial charge in [-0.25, -0.2) is 0 Å². The summed E-state index contributed by atoms with van der Waals surface area (Å²) in [5.74, 6) is 1.46. The molecule has 3 N–H and O–H groups in total. The van der Waals surface area contributed by atoms with Crippen LogP contribution in [0.1, 0.15) is 38.5 Å². The van der Waals surface area contributed by atoms with Crippen molar-refractivity contribution in [1.29, 1.82) is 0 Å². The van der Waals surface area contributed by atoms with E-state index in [-0.39, 0.29) is 41.8 Å². The average Bonchev–Trinajstić information content (AvgIpc) is 3.34. The lowest BCUT2D eigenvalue weighted by Gasteiger charge is -2.19. The number of carbonyl (C=O) groups is 2. The molecule has 3 rings (SSSR count). The molecule has 0 radical (unpaired) electrons. The molecule has 2 fully saturated rings.